The third kappa shape index (κ3) is 2.96. The molecule has 8 heteroatoms. The molecule has 2 aromatic heterocycles. The maximum absolute atomic E-state index is 12.6. The summed E-state index contributed by atoms with van der Waals surface area (Å²) in [5.74, 6) is 1.21. The van der Waals surface area contributed by atoms with Crippen molar-refractivity contribution in [2.75, 3.05) is 25.0 Å². The van der Waals surface area contributed by atoms with Gasteiger partial charge in [-0.3, -0.25) is 0 Å². The van der Waals surface area contributed by atoms with Crippen molar-refractivity contribution in [1.29, 1.82) is 0 Å². The van der Waals surface area contributed by atoms with Gasteiger partial charge in [-0.25, -0.2) is 9.78 Å². The van der Waals surface area contributed by atoms with Gasteiger partial charge in [0, 0.05) is 24.0 Å². The van der Waals surface area contributed by atoms with Gasteiger partial charge in [-0.2, -0.15) is 0 Å². The van der Waals surface area contributed by atoms with Gasteiger partial charge in [0.05, 0.1) is 13.2 Å². The summed E-state index contributed by atoms with van der Waals surface area (Å²) in [6, 6.07) is -0.136. The molecule has 2 aliphatic rings. The first kappa shape index (κ1) is 14.6. The van der Waals surface area contributed by atoms with Gasteiger partial charge >= 0.3 is 6.03 Å². The van der Waals surface area contributed by atoms with E-state index >= 15 is 0 Å². The zero-order valence-electron chi connectivity index (χ0n) is 12.8. The number of aryl methyl sites for hydroxylation is 1. The Morgan fingerprint density at radius 1 is 1.48 bits per heavy atom. The summed E-state index contributed by atoms with van der Waals surface area (Å²) >= 11 is 1.55. The number of thiazole rings is 1. The number of rotatable bonds is 3. The van der Waals surface area contributed by atoms with Gasteiger partial charge in [0.15, 0.2) is 5.76 Å². The van der Waals surface area contributed by atoms with E-state index < -0.39 is 0 Å². The molecule has 1 saturated heterocycles. The molecule has 7 nitrogen and oxygen atoms in total. The second-order valence-electron chi connectivity index (χ2n) is 5.89. The van der Waals surface area contributed by atoms with Crippen LogP contribution in [0.25, 0.3) is 0 Å². The molecule has 1 aliphatic carbocycles. The fourth-order valence-corrected chi connectivity index (χ4v) is 3.40. The lowest BCUT2D eigenvalue weighted by atomic mass is 10.2. The SMILES string of the molecule is Cc1noc(C2CC2)c1NC(=O)N1CCO[C@@H](c2nccs2)C1. The molecule has 0 spiro atoms. The number of carbonyl (C=O) groups is 1. The molecule has 122 valence electrons. The second-order valence-corrected chi connectivity index (χ2v) is 6.81. The van der Waals surface area contributed by atoms with E-state index in [4.69, 9.17) is 9.26 Å². The third-order valence-electron chi connectivity index (χ3n) is 4.15. The molecule has 0 bridgehead atoms. The highest BCUT2D eigenvalue weighted by atomic mass is 32.1. The van der Waals surface area contributed by atoms with Crippen LogP contribution < -0.4 is 5.32 Å². The maximum Gasteiger partial charge on any atom is 0.322 e. The van der Waals surface area contributed by atoms with Crippen molar-refractivity contribution in [1.82, 2.24) is 15.0 Å². The number of ether oxygens (including phenoxy) is 1. The Morgan fingerprint density at radius 3 is 3.09 bits per heavy atom. The van der Waals surface area contributed by atoms with Crippen LogP contribution in [0.4, 0.5) is 10.5 Å². The van der Waals surface area contributed by atoms with Crippen LogP contribution in [-0.4, -0.2) is 40.8 Å². The zero-order chi connectivity index (χ0) is 15.8. The maximum atomic E-state index is 12.6. The molecule has 23 heavy (non-hydrogen) atoms. The monoisotopic (exact) mass is 334 g/mol. The summed E-state index contributed by atoms with van der Waals surface area (Å²) in [6.07, 6.45) is 3.80. The topological polar surface area (TPSA) is 80.5 Å². The van der Waals surface area contributed by atoms with Gasteiger partial charge in [-0.05, 0) is 19.8 Å². The van der Waals surface area contributed by atoms with Crippen molar-refractivity contribution in [3.63, 3.8) is 0 Å². The Morgan fingerprint density at radius 2 is 2.35 bits per heavy atom. The minimum atomic E-state index is -0.152. The summed E-state index contributed by atoms with van der Waals surface area (Å²) in [6.45, 7) is 3.43. The van der Waals surface area contributed by atoms with Crippen LogP contribution in [0.2, 0.25) is 0 Å². The van der Waals surface area contributed by atoms with Crippen LogP contribution in [-0.2, 0) is 4.74 Å². The molecule has 2 amide bonds. The Hall–Kier alpha value is -1.93. The van der Waals surface area contributed by atoms with Crippen LogP contribution in [0.15, 0.2) is 16.1 Å². The number of aromatic nitrogens is 2. The first-order valence-corrected chi connectivity index (χ1v) is 8.63. The van der Waals surface area contributed by atoms with E-state index in [1.54, 1.807) is 22.4 Å². The molecule has 1 atom stereocenters. The number of carbonyl (C=O) groups excluding carboxylic acids is 1. The Bertz CT molecular complexity index is 696. The summed E-state index contributed by atoms with van der Waals surface area (Å²) in [5.41, 5.74) is 1.46. The molecule has 2 fully saturated rings. The minimum Gasteiger partial charge on any atom is -0.367 e. The van der Waals surface area contributed by atoms with Crippen molar-refractivity contribution in [2.45, 2.75) is 31.8 Å². The molecule has 0 radical (unpaired) electrons. The van der Waals surface area contributed by atoms with E-state index in [1.165, 1.54) is 0 Å². The lowest BCUT2D eigenvalue weighted by molar-refractivity contribution is -0.0136. The van der Waals surface area contributed by atoms with Gasteiger partial charge in [-0.1, -0.05) is 5.16 Å². The summed E-state index contributed by atoms with van der Waals surface area (Å²) in [4.78, 5) is 18.6. The summed E-state index contributed by atoms with van der Waals surface area (Å²) in [5, 5.41) is 9.79. The number of morpholine rings is 1. The molecule has 1 N–H and O–H groups in total. The normalized spacial score (nSPS) is 21.4. The Balaban J connectivity index is 1.45. The van der Waals surface area contributed by atoms with Crippen molar-refractivity contribution < 1.29 is 14.1 Å². The van der Waals surface area contributed by atoms with E-state index in [-0.39, 0.29) is 12.1 Å². The number of hydrogen-bond donors (Lipinski definition) is 1. The third-order valence-corrected chi connectivity index (χ3v) is 5.02. The van der Waals surface area contributed by atoms with Gasteiger partial charge in [0.1, 0.15) is 22.5 Å². The molecule has 0 aromatic carbocycles. The van der Waals surface area contributed by atoms with Crippen LogP contribution in [0.1, 0.15) is 41.3 Å². The van der Waals surface area contributed by atoms with Gasteiger partial charge in [-0.15, -0.1) is 11.3 Å². The standard InChI is InChI=1S/C15H18N4O3S/c1-9-12(13(22-18-9)10-2-3-10)17-15(20)19-5-6-21-11(8-19)14-16-4-7-23-14/h4,7,10-11H,2-3,5-6,8H2,1H3,(H,17,20)/t11-/m1/s1. The van der Waals surface area contributed by atoms with Crippen LogP contribution in [0.5, 0.6) is 0 Å². The molecule has 1 aliphatic heterocycles. The minimum absolute atomic E-state index is 0.136. The fourth-order valence-electron chi connectivity index (χ4n) is 2.73. The number of hydrogen-bond acceptors (Lipinski definition) is 6. The lowest BCUT2D eigenvalue weighted by Gasteiger charge is -2.32. The van der Waals surface area contributed by atoms with E-state index in [0.29, 0.717) is 25.6 Å². The predicted octanol–water partition coefficient (Wildman–Crippen LogP) is 2.92. The fraction of sp³-hybridized carbons (Fsp3) is 0.533. The average molecular weight is 334 g/mol. The van der Waals surface area contributed by atoms with Gasteiger partial charge < -0.3 is 19.5 Å². The first-order chi connectivity index (χ1) is 11.2. The van der Waals surface area contributed by atoms with Crippen molar-refractivity contribution >= 4 is 23.1 Å². The number of amides is 2. The number of anilines is 1. The highest BCUT2D eigenvalue weighted by Crippen LogP contribution is 2.44. The smallest absolute Gasteiger partial charge is 0.322 e. The molecule has 3 heterocycles. The number of nitrogens with one attached hydrogen (secondary N) is 1. The Kier molecular flexibility index (Phi) is 3.78. The first-order valence-electron chi connectivity index (χ1n) is 7.75. The van der Waals surface area contributed by atoms with Crippen molar-refractivity contribution in [3.8, 4) is 0 Å². The van der Waals surface area contributed by atoms with E-state index in [9.17, 15) is 4.79 Å². The summed E-state index contributed by atoms with van der Waals surface area (Å²) < 4.78 is 11.1. The molecule has 2 aromatic rings. The lowest BCUT2D eigenvalue weighted by Crippen LogP contribution is -2.44. The largest absolute Gasteiger partial charge is 0.367 e. The van der Waals surface area contributed by atoms with Crippen molar-refractivity contribution in [2.24, 2.45) is 0 Å². The number of urea groups is 1. The van der Waals surface area contributed by atoms with Crippen LogP contribution in [0.3, 0.4) is 0 Å². The van der Waals surface area contributed by atoms with E-state index in [0.717, 1.165) is 35.0 Å². The van der Waals surface area contributed by atoms with Gasteiger partial charge in [0.2, 0.25) is 0 Å². The predicted molar refractivity (Wildman–Crippen MR) is 84.6 cm³/mol. The zero-order valence-corrected chi connectivity index (χ0v) is 13.6. The quantitative estimate of drug-likeness (QED) is 0.933. The van der Waals surface area contributed by atoms with E-state index in [2.05, 4.69) is 15.5 Å². The average Bonchev–Trinajstić information content (AvgIpc) is 3.13. The second kappa shape index (κ2) is 5.93. The molecule has 1 saturated carbocycles. The van der Waals surface area contributed by atoms with E-state index in [1.807, 2.05) is 12.3 Å². The highest BCUT2D eigenvalue weighted by Gasteiger charge is 2.33. The Labute approximate surface area is 137 Å². The van der Waals surface area contributed by atoms with Crippen LogP contribution in [0, 0.1) is 6.92 Å². The van der Waals surface area contributed by atoms with Crippen LogP contribution >= 0.6 is 11.3 Å². The van der Waals surface area contributed by atoms with Gasteiger partial charge in [0.25, 0.3) is 0 Å². The highest BCUT2D eigenvalue weighted by molar-refractivity contribution is 7.09. The molecule has 0 unspecified atom stereocenters. The van der Waals surface area contributed by atoms with Crippen molar-refractivity contribution in [3.05, 3.63) is 28.0 Å². The molecular formula is C15H18N4O3S. The summed E-state index contributed by atoms with van der Waals surface area (Å²) in [7, 11) is 0. The molecular weight excluding hydrogens is 316 g/mol. The number of nitrogens with zero attached hydrogens (tertiary/aromatic N) is 3. The molecule has 4 rings (SSSR count).